The molecule has 1 aromatic rings. The Labute approximate surface area is 112 Å². The lowest BCUT2D eigenvalue weighted by molar-refractivity contribution is 0.0698. The van der Waals surface area contributed by atoms with E-state index in [2.05, 4.69) is 5.32 Å². The Hall–Kier alpha value is -1.16. The van der Waals surface area contributed by atoms with Crippen LogP contribution in [-0.4, -0.2) is 28.6 Å². The zero-order valence-corrected chi connectivity index (χ0v) is 11.4. The molecule has 1 saturated heterocycles. The SMILES string of the molecule is Cc1ccc(NCC2CCCCS2)c(C(=O)O)c1. The molecule has 1 unspecified atom stereocenters. The Bertz CT molecular complexity index is 428. The quantitative estimate of drug-likeness (QED) is 0.876. The number of anilines is 1. The van der Waals surface area contributed by atoms with Crippen LogP contribution in [-0.2, 0) is 0 Å². The molecule has 0 aliphatic carbocycles. The molecule has 0 aromatic heterocycles. The van der Waals surface area contributed by atoms with Gasteiger partial charge in [-0.1, -0.05) is 18.1 Å². The average molecular weight is 265 g/mol. The van der Waals surface area contributed by atoms with E-state index in [0.717, 1.165) is 17.8 Å². The van der Waals surface area contributed by atoms with Crippen LogP contribution in [0.5, 0.6) is 0 Å². The highest BCUT2D eigenvalue weighted by Gasteiger charge is 2.15. The van der Waals surface area contributed by atoms with Crippen LogP contribution in [0.25, 0.3) is 0 Å². The van der Waals surface area contributed by atoms with Crippen LogP contribution in [0.15, 0.2) is 18.2 Å². The summed E-state index contributed by atoms with van der Waals surface area (Å²) in [5.74, 6) is 0.365. The van der Waals surface area contributed by atoms with Crippen molar-refractivity contribution in [1.82, 2.24) is 0 Å². The molecule has 1 aliphatic rings. The van der Waals surface area contributed by atoms with E-state index >= 15 is 0 Å². The van der Waals surface area contributed by atoms with Crippen molar-refractivity contribution in [2.75, 3.05) is 17.6 Å². The van der Waals surface area contributed by atoms with Gasteiger partial charge in [-0.25, -0.2) is 4.79 Å². The Morgan fingerprint density at radius 3 is 3.00 bits per heavy atom. The molecule has 98 valence electrons. The summed E-state index contributed by atoms with van der Waals surface area (Å²) >= 11 is 1.99. The first-order valence-electron chi connectivity index (χ1n) is 6.36. The second-order valence-electron chi connectivity index (χ2n) is 4.72. The van der Waals surface area contributed by atoms with Crippen LogP contribution in [0, 0.1) is 6.92 Å². The molecule has 2 rings (SSSR count). The van der Waals surface area contributed by atoms with Crippen molar-refractivity contribution in [3.63, 3.8) is 0 Å². The van der Waals surface area contributed by atoms with Gasteiger partial charge in [0.25, 0.3) is 0 Å². The Balaban J connectivity index is 2.01. The summed E-state index contributed by atoms with van der Waals surface area (Å²) in [5.41, 5.74) is 2.08. The van der Waals surface area contributed by atoms with E-state index in [1.54, 1.807) is 6.07 Å². The second kappa shape index (κ2) is 6.14. The molecule has 0 radical (unpaired) electrons. The third-order valence-electron chi connectivity index (χ3n) is 3.20. The number of aryl methyl sites for hydroxylation is 1. The molecule has 1 heterocycles. The first-order chi connectivity index (χ1) is 8.66. The molecular formula is C14H19NO2S. The Morgan fingerprint density at radius 1 is 1.50 bits per heavy atom. The fourth-order valence-electron chi connectivity index (χ4n) is 2.18. The molecule has 0 amide bonds. The van der Waals surface area contributed by atoms with Gasteiger partial charge >= 0.3 is 5.97 Å². The summed E-state index contributed by atoms with van der Waals surface area (Å²) in [6, 6.07) is 5.54. The number of thioether (sulfide) groups is 1. The second-order valence-corrected chi connectivity index (χ2v) is 6.13. The predicted octanol–water partition coefficient (Wildman–Crippen LogP) is 3.39. The summed E-state index contributed by atoms with van der Waals surface area (Å²) in [5, 5.41) is 13.1. The van der Waals surface area contributed by atoms with Crippen molar-refractivity contribution in [2.45, 2.75) is 31.4 Å². The van der Waals surface area contributed by atoms with Crippen LogP contribution in [0.3, 0.4) is 0 Å². The molecule has 1 aromatic carbocycles. The van der Waals surface area contributed by atoms with E-state index in [4.69, 9.17) is 0 Å². The maximum Gasteiger partial charge on any atom is 0.337 e. The average Bonchev–Trinajstić information content (AvgIpc) is 2.38. The fraction of sp³-hybridized carbons (Fsp3) is 0.500. The number of hydrogen-bond acceptors (Lipinski definition) is 3. The molecule has 0 spiro atoms. The molecule has 4 heteroatoms. The van der Waals surface area contributed by atoms with Crippen molar-refractivity contribution in [3.8, 4) is 0 Å². The van der Waals surface area contributed by atoms with Crippen molar-refractivity contribution in [3.05, 3.63) is 29.3 Å². The third-order valence-corrected chi connectivity index (χ3v) is 4.60. The van der Waals surface area contributed by atoms with Crippen LogP contribution < -0.4 is 5.32 Å². The van der Waals surface area contributed by atoms with Gasteiger partial charge in [-0.3, -0.25) is 0 Å². The summed E-state index contributed by atoms with van der Waals surface area (Å²) in [6.07, 6.45) is 3.83. The first kappa shape index (κ1) is 13.3. The molecule has 1 fully saturated rings. The van der Waals surface area contributed by atoms with Gasteiger partial charge < -0.3 is 10.4 Å². The minimum Gasteiger partial charge on any atom is -0.478 e. The van der Waals surface area contributed by atoms with Crippen LogP contribution >= 0.6 is 11.8 Å². The van der Waals surface area contributed by atoms with Crippen molar-refractivity contribution >= 4 is 23.4 Å². The monoisotopic (exact) mass is 265 g/mol. The van der Waals surface area contributed by atoms with Crippen molar-refractivity contribution < 1.29 is 9.90 Å². The van der Waals surface area contributed by atoms with Crippen molar-refractivity contribution in [1.29, 1.82) is 0 Å². The molecule has 18 heavy (non-hydrogen) atoms. The van der Waals surface area contributed by atoms with E-state index < -0.39 is 5.97 Å². The normalized spacial score (nSPS) is 19.5. The van der Waals surface area contributed by atoms with Gasteiger partial charge in [-0.15, -0.1) is 0 Å². The van der Waals surface area contributed by atoms with Gasteiger partial charge in [0.15, 0.2) is 0 Å². The van der Waals surface area contributed by atoms with Gasteiger partial charge in [0.05, 0.1) is 5.56 Å². The Morgan fingerprint density at radius 2 is 2.33 bits per heavy atom. The van der Waals surface area contributed by atoms with Gasteiger partial charge in [0.2, 0.25) is 0 Å². The van der Waals surface area contributed by atoms with E-state index in [1.807, 2.05) is 30.8 Å². The smallest absolute Gasteiger partial charge is 0.337 e. The number of nitrogens with one attached hydrogen (secondary N) is 1. The van der Waals surface area contributed by atoms with Gasteiger partial charge in [0, 0.05) is 17.5 Å². The van der Waals surface area contributed by atoms with Crippen LogP contribution in [0.1, 0.15) is 35.2 Å². The molecule has 1 aliphatic heterocycles. The zero-order chi connectivity index (χ0) is 13.0. The molecule has 2 N–H and O–H groups in total. The first-order valence-corrected chi connectivity index (χ1v) is 7.41. The highest BCUT2D eigenvalue weighted by molar-refractivity contribution is 7.99. The number of aromatic carboxylic acids is 1. The molecule has 0 bridgehead atoms. The van der Waals surface area contributed by atoms with E-state index in [-0.39, 0.29) is 0 Å². The summed E-state index contributed by atoms with van der Waals surface area (Å²) < 4.78 is 0. The van der Waals surface area contributed by atoms with Gasteiger partial charge in [-0.2, -0.15) is 11.8 Å². The van der Waals surface area contributed by atoms with Crippen molar-refractivity contribution in [2.24, 2.45) is 0 Å². The molecule has 1 atom stereocenters. The zero-order valence-electron chi connectivity index (χ0n) is 10.6. The number of hydrogen-bond donors (Lipinski definition) is 2. The lowest BCUT2D eigenvalue weighted by Gasteiger charge is -2.22. The van der Waals surface area contributed by atoms with Gasteiger partial charge in [-0.05, 0) is 37.7 Å². The minimum atomic E-state index is -0.863. The largest absolute Gasteiger partial charge is 0.478 e. The van der Waals surface area contributed by atoms with E-state index in [9.17, 15) is 9.90 Å². The molecule has 0 saturated carbocycles. The predicted molar refractivity (Wildman–Crippen MR) is 76.7 cm³/mol. The maximum atomic E-state index is 11.2. The number of carboxylic acids is 1. The van der Waals surface area contributed by atoms with Gasteiger partial charge in [0.1, 0.15) is 0 Å². The highest BCUT2D eigenvalue weighted by atomic mass is 32.2. The highest BCUT2D eigenvalue weighted by Crippen LogP contribution is 2.26. The fourth-order valence-corrected chi connectivity index (χ4v) is 3.42. The lowest BCUT2D eigenvalue weighted by atomic mass is 10.1. The maximum absolute atomic E-state index is 11.2. The molecular weight excluding hydrogens is 246 g/mol. The number of carbonyl (C=O) groups is 1. The van der Waals surface area contributed by atoms with E-state index in [0.29, 0.717) is 10.8 Å². The van der Waals surface area contributed by atoms with Crippen LogP contribution in [0.4, 0.5) is 5.69 Å². The Kier molecular flexibility index (Phi) is 4.53. The summed E-state index contributed by atoms with van der Waals surface area (Å²) in [6.45, 7) is 2.77. The molecule has 3 nitrogen and oxygen atoms in total. The number of rotatable bonds is 4. The topological polar surface area (TPSA) is 49.3 Å². The lowest BCUT2D eigenvalue weighted by Crippen LogP contribution is -2.21. The summed E-state index contributed by atoms with van der Waals surface area (Å²) in [7, 11) is 0. The summed E-state index contributed by atoms with van der Waals surface area (Å²) in [4.78, 5) is 11.2. The minimum absolute atomic E-state index is 0.371. The third kappa shape index (κ3) is 3.42. The number of benzene rings is 1. The van der Waals surface area contributed by atoms with Crippen LogP contribution in [0.2, 0.25) is 0 Å². The standard InChI is InChI=1S/C14H19NO2S/c1-10-5-6-13(12(8-10)14(16)17)15-9-11-4-2-3-7-18-11/h5-6,8,11,15H,2-4,7,9H2,1H3,(H,16,17). The number of carboxylic acid groups (broad SMARTS) is 1. The van der Waals surface area contributed by atoms with E-state index in [1.165, 1.54) is 25.0 Å².